The van der Waals surface area contributed by atoms with Crippen LogP contribution in [0.5, 0.6) is 0 Å². The summed E-state index contributed by atoms with van der Waals surface area (Å²) in [6, 6.07) is 0.386. The number of hydrogen-bond donors (Lipinski definition) is 1. The molecule has 4 aliphatic rings. The number of nitriles is 1. The van der Waals surface area contributed by atoms with Gasteiger partial charge in [0.25, 0.3) is 6.26 Å². The Morgan fingerprint density at radius 3 is 1.75 bits per heavy atom. The minimum atomic E-state index is -0.336. The lowest BCUT2D eigenvalue weighted by molar-refractivity contribution is -0.145. The van der Waals surface area contributed by atoms with Gasteiger partial charge in [-0.1, -0.05) is 12.8 Å². The first-order chi connectivity index (χ1) is 21.5. The van der Waals surface area contributed by atoms with Crippen LogP contribution in [0, 0.1) is 41.1 Å². The van der Waals surface area contributed by atoms with E-state index in [9.17, 15) is 14.4 Å². The number of aliphatic imine (C=N–C) groups is 1. The molecule has 9 nitrogen and oxygen atoms in total. The van der Waals surface area contributed by atoms with E-state index in [0.29, 0.717) is 38.4 Å². The molecule has 4 fully saturated rings. The molecule has 0 aliphatic heterocycles. The van der Waals surface area contributed by atoms with Gasteiger partial charge in [0.05, 0.1) is 19.3 Å². The number of alkyl carbamates (subject to hydrolysis) is 1. The Morgan fingerprint density at radius 2 is 1.18 bits per heavy atom. The fourth-order valence-corrected chi connectivity index (χ4v) is 8.36. The number of nitrogens with zero attached hydrogens (tertiary/aromatic N) is 2. The second-order valence-electron chi connectivity index (χ2n) is 14.2. The highest BCUT2D eigenvalue weighted by molar-refractivity contribution is 5.69. The third-order valence-electron chi connectivity index (χ3n) is 11.0. The Morgan fingerprint density at radius 1 is 0.682 bits per heavy atom. The summed E-state index contributed by atoms with van der Waals surface area (Å²) in [7, 11) is 0. The lowest BCUT2D eigenvalue weighted by Gasteiger charge is -2.33. The monoisotopic (exact) mass is 613 g/mol. The molecule has 0 saturated heterocycles. The first-order valence-electron chi connectivity index (χ1n) is 17.7. The van der Waals surface area contributed by atoms with Gasteiger partial charge in [0, 0.05) is 12.5 Å². The quantitative estimate of drug-likeness (QED) is 0.0705. The average Bonchev–Trinajstić information content (AvgIpc) is 3.03. The van der Waals surface area contributed by atoms with Crippen molar-refractivity contribution in [2.24, 2.45) is 34.6 Å². The van der Waals surface area contributed by atoms with Crippen LogP contribution in [0.4, 0.5) is 4.79 Å². The molecule has 0 aromatic rings. The fraction of sp³-hybridized carbons (Fsp3) is 0.886. The van der Waals surface area contributed by atoms with Crippen LogP contribution in [0.2, 0.25) is 0 Å². The summed E-state index contributed by atoms with van der Waals surface area (Å²) in [5.74, 6) is 3.33. The highest BCUT2D eigenvalue weighted by Crippen LogP contribution is 2.39. The summed E-state index contributed by atoms with van der Waals surface area (Å²) in [5, 5.41) is 11.7. The van der Waals surface area contributed by atoms with E-state index in [0.717, 1.165) is 101 Å². The van der Waals surface area contributed by atoms with Crippen molar-refractivity contribution in [1.29, 1.82) is 5.26 Å². The number of unbranched alkanes of at least 4 members (excludes halogenated alkanes) is 1. The Labute approximate surface area is 264 Å². The largest absolute Gasteiger partial charge is 0.466 e. The van der Waals surface area contributed by atoms with Gasteiger partial charge in [0.2, 0.25) is 6.08 Å². The fourth-order valence-electron chi connectivity index (χ4n) is 8.36. The topological polar surface area (TPSA) is 127 Å². The minimum absolute atomic E-state index is 0.0996. The van der Waals surface area contributed by atoms with E-state index >= 15 is 0 Å². The van der Waals surface area contributed by atoms with Crippen molar-refractivity contribution in [3.63, 3.8) is 0 Å². The molecule has 0 atom stereocenters. The van der Waals surface area contributed by atoms with Gasteiger partial charge >= 0.3 is 12.1 Å². The first kappa shape index (κ1) is 34.3. The van der Waals surface area contributed by atoms with Crippen molar-refractivity contribution >= 4 is 18.1 Å². The van der Waals surface area contributed by atoms with Crippen LogP contribution in [-0.4, -0.2) is 49.5 Å². The lowest BCUT2D eigenvalue weighted by Crippen LogP contribution is -2.38. The molecular formula is C35H55N3O6. The van der Waals surface area contributed by atoms with Crippen molar-refractivity contribution in [1.82, 2.24) is 5.32 Å². The number of carbonyl (C=O) groups excluding carboxylic acids is 3. The smallest absolute Gasteiger partial charge is 0.407 e. The summed E-state index contributed by atoms with van der Waals surface area (Å²) in [6.45, 7) is 0.722. The average molecular weight is 614 g/mol. The Hall–Kier alpha value is -2.59. The molecule has 0 spiro atoms. The summed E-state index contributed by atoms with van der Waals surface area (Å²) < 4.78 is 16.0. The van der Waals surface area contributed by atoms with Crippen LogP contribution in [0.15, 0.2) is 4.99 Å². The molecular weight excluding hydrogens is 558 g/mol. The molecule has 0 unspecified atom stereocenters. The van der Waals surface area contributed by atoms with Gasteiger partial charge in [-0.3, -0.25) is 4.79 Å². The van der Waals surface area contributed by atoms with Gasteiger partial charge in [-0.15, -0.1) is 0 Å². The number of carbonyl (C=O) groups is 2. The summed E-state index contributed by atoms with van der Waals surface area (Å²) in [5.41, 5.74) is 0. The third-order valence-corrected chi connectivity index (χ3v) is 11.0. The molecule has 0 heterocycles. The Kier molecular flexibility index (Phi) is 14.8. The molecule has 44 heavy (non-hydrogen) atoms. The van der Waals surface area contributed by atoms with Gasteiger partial charge in [0.1, 0.15) is 6.10 Å². The van der Waals surface area contributed by atoms with Gasteiger partial charge in [-0.25, -0.2) is 14.6 Å². The summed E-state index contributed by atoms with van der Waals surface area (Å²) in [6.07, 6.45) is 25.4. The molecule has 0 aromatic carbocycles. The Balaban J connectivity index is 0.948. The van der Waals surface area contributed by atoms with Crippen LogP contribution in [0.25, 0.3) is 0 Å². The minimum Gasteiger partial charge on any atom is -0.466 e. The van der Waals surface area contributed by atoms with Crippen molar-refractivity contribution in [3.8, 4) is 6.26 Å². The van der Waals surface area contributed by atoms with Crippen LogP contribution >= 0.6 is 0 Å². The summed E-state index contributed by atoms with van der Waals surface area (Å²) >= 11 is 0. The zero-order valence-corrected chi connectivity index (χ0v) is 26.7. The highest BCUT2D eigenvalue weighted by atomic mass is 16.5. The van der Waals surface area contributed by atoms with E-state index in [2.05, 4.69) is 10.3 Å². The van der Waals surface area contributed by atoms with Crippen LogP contribution in [0.3, 0.4) is 0 Å². The van der Waals surface area contributed by atoms with E-state index in [4.69, 9.17) is 19.5 Å². The number of esters is 1. The second-order valence-corrected chi connectivity index (χ2v) is 14.2. The van der Waals surface area contributed by atoms with Gasteiger partial charge in [0.15, 0.2) is 0 Å². The third kappa shape index (κ3) is 12.4. The predicted molar refractivity (Wildman–Crippen MR) is 166 cm³/mol. The SMILES string of the molecule is N#COC1CCC(CC2CCC(NC(=O)OCCCCOC(=O)CC3CCC(CC4CCC(N=C=O)CC4)CC3)CC2)CC1. The van der Waals surface area contributed by atoms with E-state index in [1.165, 1.54) is 38.5 Å². The molecule has 246 valence electrons. The maximum atomic E-state index is 12.4. The van der Waals surface area contributed by atoms with E-state index in [1.54, 1.807) is 6.08 Å². The van der Waals surface area contributed by atoms with Gasteiger partial charge in [-0.05, 0) is 145 Å². The molecule has 4 aliphatic carbocycles. The summed E-state index contributed by atoms with van der Waals surface area (Å²) in [4.78, 5) is 39.0. The molecule has 9 heteroatoms. The first-order valence-corrected chi connectivity index (χ1v) is 17.7. The standard InChI is InChI=1S/C35H55N3O6/c36-24-44-33-17-11-29(12-18-33)22-28-9-15-32(16-10-28)38-35(41)43-20-2-1-19-42-34(40)23-30-5-3-26(4-6-30)21-27-7-13-31(14-8-27)37-25-39/h26-33H,1-23H2,(H,38,41). The van der Waals surface area contributed by atoms with Crippen LogP contribution < -0.4 is 5.32 Å². The number of nitrogens with one attached hydrogen (secondary N) is 1. The molecule has 1 amide bonds. The van der Waals surface area contributed by atoms with Gasteiger partial charge in [-0.2, -0.15) is 5.26 Å². The normalized spacial score (nSPS) is 32.3. The van der Waals surface area contributed by atoms with Crippen LogP contribution in [0.1, 0.15) is 135 Å². The number of ether oxygens (including phenoxy) is 3. The van der Waals surface area contributed by atoms with Crippen molar-refractivity contribution in [3.05, 3.63) is 0 Å². The highest BCUT2D eigenvalue weighted by Gasteiger charge is 2.29. The zero-order valence-electron chi connectivity index (χ0n) is 26.7. The molecule has 0 bridgehead atoms. The van der Waals surface area contributed by atoms with Crippen molar-refractivity contribution < 1.29 is 28.6 Å². The predicted octanol–water partition coefficient (Wildman–Crippen LogP) is 7.52. The number of hydrogen-bond acceptors (Lipinski definition) is 8. The molecule has 4 rings (SSSR count). The van der Waals surface area contributed by atoms with Crippen molar-refractivity contribution in [2.45, 2.75) is 153 Å². The zero-order chi connectivity index (χ0) is 31.0. The number of amides is 1. The number of isocyanates is 1. The molecule has 0 radical (unpaired) electrons. The van der Waals surface area contributed by atoms with Gasteiger partial charge < -0.3 is 19.5 Å². The maximum Gasteiger partial charge on any atom is 0.407 e. The van der Waals surface area contributed by atoms with E-state index < -0.39 is 0 Å². The molecule has 1 N–H and O–H groups in total. The molecule has 4 saturated carbocycles. The van der Waals surface area contributed by atoms with E-state index in [1.807, 2.05) is 6.26 Å². The van der Waals surface area contributed by atoms with Crippen molar-refractivity contribution in [2.75, 3.05) is 13.2 Å². The second kappa shape index (κ2) is 19.0. The maximum absolute atomic E-state index is 12.4. The Bertz CT molecular complexity index is 946. The lowest BCUT2D eigenvalue weighted by atomic mass is 9.74. The number of rotatable bonds is 14. The van der Waals surface area contributed by atoms with Crippen LogP contribution in [-0.2, 0) is 23.8 Å². The molecule has 0 aromatic heterocycles. The van der Waals surface area contributed by atoms with E-state index in [-0.39, 0.29) is 30.3 Å².